The molecule has 0 saturated carbocycles. The summed E-state index contributed by atoms with van der Waals surface area (Å²) in [5.74, 6) is 1.25. The quantitative estimate of drug-likeness (QED) is 0.286. The largest absolute Gasteiger partial charge is 2.00 e. The van der Waals surface area contributed by atoms with Gasteiger partial charge in [-0.05, 0) is 66.4 Å². The average molecular weight is 579 g/mol. The number of halogens is 2. The molecule has 0 N–H and O–H groups in total. The first-order valence-electron chi connectivity index (χ1n) is 9.62. The molecule has 32 heavy (non-hydrogen) atoms. The number of hydrogen-bond donors (Lipinski definition) is 0. The van der Waals surface area contributed by atoms with E-state index in [1.807, 2.05) is 11.8 Å². The van der Waals surface area contributed by atoms with Crippen LogP contribution in [-0.2, 0) is 17.1 Å². The van der Waals surface area contributed by atoms with E-state index in [0.717, 1.165) is 0 Å². The number of thioether (sulfide) groups is 1. The van der Waals surface area contributed by atoms with Crippen LogP contribution in [0.5, 0.6) is 0 Å². The minimum absolute atomic E-state index is 0. The van der Waals surface area contributed by atoms with Crippen LogP contribution in [-0.4, -0.2) is 112 Å². The zero-order chi connectivity index (χ0) is 24.5. The van der Waals surface area contributed by atoms with Crippen molar-refractivity contribution in [1.29, 1.82) is 0 Å². The third-order valence-corrected chi connectivity index (χ3v) is 4.96. The second-order valence-corrected chi connectivity index (χ2v) is 9.70. The van der Waals surface area contributed by atoms with Crippen molar-refractivity contribution in [3.8, 4) is 0 Å². The monoisotopic (exact) mass is 577 g/mol. The maximum absolute atomic E-state index is 8.49. The maximum Gasteiger partial charge on any atom is 2.00 e. The zero-order valence-electron chi connectivity index (χ0n) is 19.0. The van der Waals surface area contributed by atoms with E-state index in [9.17, 15) is 0 Å². The Balaban J connectivity index is -0.000000640. The summed E-state index contributed by atoms with van der Waals surface area (Å²) in [4.78, 5) is 10.1. The predicted octanol–water partition coefficient (Wildman–Crippen LogP) is -8.27. The molecule has 1 saturated heterocycles. The summed E-state index contributed by atoms with van der Waals surface area (Å²) in [5, 5.41) is 0. The second kappa shape index (κ2) is 21.3. The molecule has 0 atom stereocenters. The standard InChI is InChI=1S/C16H36N4S.2ClHO4.Cu/c1-17-7-5-8-19(3)13-14-20(15-16-21-4)10-6-9-18(2)12-11-17;2*2-1(3,4)5;/h5-16H2,1-4H3;2*(H,2,3,4,5);/q;;;+2/p-2. The Kier molecular flexibility index (Phi) is 24.9. The molecule has 0 spiro atoms. The van der Waals surface area contributed by atoms with Crippen molar-refractivity contribution in [3.05, 3.63) is 0 Å². The summed E-state index contributed by atoms with van der Waals surface area (Å²) in [6.07, 6.45) is 4.78. The maximum atomic E-state index is 8.49. The molecule has 0 bridgehead atoms. The normalized spacial score (nSPS) is 19.5. The summed E-state index contributed by atoms with van der Waals surface area (Å²) in [5.41, 5.74) is 0. The van der Waals surface area contributed by atoms with E-state index in [0.29, 0.717) is 0 Å². The summed E-state index contributed by atoms with van der Waals surface area (Å²) < 4.78 is 67.9. The summed E-state index contributed by atoms with van der Waals surface area (Å²) >= 11 is 1.96. The van der Waals surface area contributed by atoms with Crippen LogP contribution in [0.3, 0.4) is 0 Å². The van der Waals surface area contributed by atoms with Gasteiger partial charge in [-0.3, -0.25) is 0 Å². The third-order valence-electron chi connectivity index (χ3n) is 4.37. The molecule has 0 unspecified atom stereocenters. The van der Waals surface area contributed by atoms with E-state index >= 15 is 0 Å². The SMILES string of the molecule is CSCCN1CCCN(C)CCN(C)CCCN(C)CC1.[Cu+2].[O-][Cl+3]([O-])([O-])[O-].[O-][Cl+3]([O-])([O-])[O-]. The Labute approximate surface area is 210 Å². The van der Waals surface area contributed by atoms with Crippen LogP contribution in [0.1, 0.15) is 12.8 Å². The first-order chi connectivity index (χ1) is 14.1. The molecule has 1 rings (SSSR count). The van der Waals surface area contributed by atoms with E-state index in [2.05, 4.69) is 47.0 Å². The van der Waals surface area contributed by atoms with Gasteiger partial charge >= 0.3 is 17.1 Å². The molecular weight excluding hydrogens is 543 g/mol. The Morgan fingerprint density at radius 3 is 1.25 bits per heavy atom. The van der Waals surface area contributed by atoms with Gasteiger partial charge in [0.25, 0.3) is 0 Å². The molecule has 0 aromatic rings. The number of rotatable bonds is 3. The van der Waals surface area contributed by atoms with Gasteiger partial charge in [-0.25, -0.2) is 37.3 Å². The Hall–Kier alpha value is 0.969. The Morgan fingerprint density at radius 1 is 0.594 bits per heavy atom. The molecule has 12 nitrogen and oxygen atoms in total. The predicted molar refractivity (Wildman–Crippen MR) is 96.5 cm³/mol. The van der Waals surface area contributed by atoms with Gasteiger partial charge in [-0.15, -0.1) is 20.5 Å². The average Bonchev–Trinajstić information content (AvgIpc) is 2.58. The van der Waals surface area contributed by atoms with Crippen LogP contribution in [0.2, 0.25) is 0 Å². The summed E-state index contributed by atoms with van der Waals surface area (Å²) in [6.45, 7) is 10.9. The fourth-order valence-electron chi connectivity index (χ4n) is 2.72. The molecule has 0 aromatic heterocycles. The number of likely N-dealkylation sites (N-methyl/N-ethyl adjacent to an activating group) is 3. The molecule has 1 heterocycles. The molecule has 1 aliphatic rings. The molecule has 16 heteroatoms. The molecular formula is C16H36Cl2CuN4O8S. The van der Waals surface area contributed by atoms with Crippen LogP contribution in [0, 0.1) is 20.5 Å². The molecule has 1 aliphatic heterocycles. The van der Waals surface area contributed by atoms with Crippen LogP contribution in [0.25, 0.3) is 0 Å². The fraction of sp³-hybridized carbons (Fsp3) is 1.00. The van der Waals surface area contributed by atoms with Crippen molar-refractivity contribution in [2.45, 2.75) is 12.8 Å². The molecule has 1 fully saturated rings. The first-order valence-corrected chi connectivity index (χ1v) is 13.5. The van der Waals surface area contributed by atoms with Gasteiger partial charge in [-0.1, -0.05) is 0 Å². The topological polar surface area (TPSA) is 197 Å². The van der Waals surface area contributed by atoms with Crippen LogP contribution >= 0.6 is 11.8 Å². The first kappa shape index (κ1) is 37.5. The van der Waals surface area contributed by atoms with Gasteiger partial charge in [0.2, 0.25) is 0 Å². The molecule has 1 radical (unpaired) electrons. The van der Waals surface area contributed by atoms with E-state index in [4.69, 9.17) is 37.3 Å². The van der Waals surface area contributed by atoms with Crippen LogP contribution < -0.4 is 37.3 Å². The third kappa shape index (κ3) is 38.2. The molecule has 0 amide bonds. The van der Waals surface area contributed by atoms with Gasteiger partial charge in [0.15, 0.2) is 0 Å². The van der Waals surface area contributed by atoms with Crippen molar-refractivity contribution in [2.24, 2.45) is 0 Å². The van der Waals surface area contributed by atoms with E-state index < -0.39 is 20.5 Å². The van der Waals surface area contributed by atoms with Crippen molar-refractivity contribution < 1.29 is 74.8 Å². The minimum Gasteiger partial charge on any atom is -0.305 e. The molecule has 199 valence electrons. The van der Waals surface area contributed by atoms with E-state index in [-0.39, 0.29) is 17.1 Å². The van der Waals surface area contributed by atoms with Gasteiger partial charge in [0, 0.05) is 38.5 Å². The minimum atomic E-state index is -4.94. The van der Waals surface area contributed by atoms with Crippen LogP contribution in [0.15, 0.2) is 0 Å². The van der Waals surface area contributed by atoms with Crippen molar-refractivity contribution >= 4 is 11.8 Å². The Morgan fingerprint density at radius 2 is 0.906 bits per heavy atom. The number of nitrogens with zero attached hydrogens (tertiary/aromatic N) is 4. The van der Waals surface area contributed by atoms with Crippen molar-refractivity contribution in [1.82, 2.24) is 19.6 Å². The molecule has 0 aromatic carbocycles. The number of hydrogen-bond acceptors (Lipinski definition) is 13. The summed E-state index contributed by atoms with van der Waals surface area (Å²) in [6, 6.07) is 0. The van der Waals surface area contributed by atoms with E-state index in [1.54, 1.807) is 0 Å². The van der Waals surface area contributed by atoms with Gasteiger partial charge in [0.05, 0.1) is 0 Å². The smallest absolute Gasteiger partial charge is 0.305 e. The van der Waals surface area contributed by atoms with E-state index in [1.165, 1.54) is 77.5 Å². The van der Waals surface area contributed by atoms with Crippen molar-refractivity contribution in [3.63, 3.8) is 0 Å². The van der Waals surface area contributed by atoms with Crippen LogP contribution in [0.4, 0.5) is 0 Å². The van der Waals surface area contributed by atoms with Gasteiger partial charge in [0.1, 0.15) is 0 Å². The van der Waals surface area contributed by atoms with Gasteiger partial charge < -0.3 is 19.6 Å². The Bertz CT molecular complexity index is 404. The second-order valence-electron chi connectivity index (χ2n) is 7.21. The zero-order valence-corrected chi connectivity index (χ0v) is 22.3. The van der Waals surface area contributed by atoms with Crippen molar-refractivity contribution in [2.75, 3.05) is 92.1 Å². The summed E-state index contributed by atoms with van der Waals surface area (Å²) in [7, 11) is -3.10. The fourth-order valence-corrected chi connectivity index (χ4v) is 3.16. The van der Waals surface area contributed by atoms with Gasteiger partial charge in [-0.2, -0.15) is 11.8 Å². The molecule has 0 aliphatic carbocycles.